The molecule has 20 heavy (non-hydrogen) atoms. The van der Waals surface area contributed by atoms with Crippen LogP contribution in [0.1, 0.15) is 42.8 Å². The Balaban J connectivity index is 2.38. The van der Waals surface area contributed by atoms with E-state index in [9.17, 15) is 5.11 Å². The normalized spacial score (nSPS) is 12.9. The third-order valence-electron chi connectivity index (χ3n) is 3.11. The van der Waals surface area contributed by atoms with E-state index in [4.69, 9.17) is 4.74 Å². The highest BCUT2D eigenvalue weighted by Gasteiger charge is 2.21. The van der Waals surface area contributed by atoms with E-state index in [-0.39, 0.29) is 6.04 Å². The van der Waals surface area contributed by atoms with Crippen LogP contribution in [0.2, 0.25) is 0 Å². The van der Waals surface area contributed by atoms with Gasteiger partial charge in [-0.3, -0.25) is 4.68 Å². The smallest absolute Gasteiger partial charge is 0.122 e. The predicted octanol–water partition coefficient (Wildman–Crippen LogP) is 3.45. The lowest BCUT2D eigenvalue weighted by Gasteiger charge is -2.17. The maximum absolute atomic E-state index is 10.7. The third kappa shape index (κ3) is 3.11. The molecule has 0 aliphatic heterocycles. The van der Waals surface area contributed by atoms with Crippen LogP contribution in [-0.2, 0) is 11.3 Å². The van der Waals surface area contributed by atoms with Crippen LogP contribution in [0, 0.1) is 0 Å². The summed E-state index contributed by atoms with van der Waals surface area (Å²) in [7, 11) is 1.66. The minimum atomic E-state index is -0.717. The molecule has 0 amide bonds. The summed E-state index contributed by atoms with van der Waals surface area (Å²) < 4.78 is 7.78. The van der Waals surface area contributed by atoms with Gasteiger partial charge in [-0.2, -0.15) is 5.10 Å². The standard InChI is InChI=1S/C15H19BrN2O2/c1-10(2)18-14(13(16)8-17-18)15(19)12-6-4-5-11(7-12)9-20-3/h4-8,10,15,19H,9H2,1-3H3. The van der Waals surface area contributed by atoms with Gasteiger partial charge in [0.25, 0.3) is 0 Å². The Morgan fingerprint density at radius 3 is 2.80 bits per heavy atom. The third-order valence-corrected chi connectivity index (χ3v) is 3.72. The summed E-state index contributed by atoms with van der Waals surface area (Å²) in [6.45, 7) is 4.61. The number of methoxy groups -OCH3 is 1. The zero-order chi connectivity index (χ0) is 14.7. The lowest BCUT2D eigenvalue weighted by molar-refractivity contribution is 0.183. The Morgan fingerprint density at radius 1 is 1.40 bits per heavy atom. The van der Waals surface area contributed by atoms with Crippen LogP contribution < -0.4 is 0 Å². The molecule has 0 aliphatic carbocycles. The summed E-state index contributed by atoms with van der Waals surface area (Å²) in [5.74, 6) is 0. The van der Waals surface area contributed by atoms with E-state index in [2.05, 4.69) is 21.0 Å². The Bertz CT molecular complexity index is 581. The van der Waals surface area contributed by atoms with Gasteiger partial charge in [-0.1, -0.05) is 24.3 Å². The molecule has 0 fully saturated rings. The van der Waals surface area contributed by atoms with E-state index in [1.165, 1.54) is 0 Å². The molecule has 0 saturated carbocycles. The van der Waals surface area contributed by atoms with Gasteiger partial charge in [0.15, 0.2) is 0 Å². The molecule has 0 spiro atoms. The monoisotopic (exact) mass is 338 g/mol. The van der Waals surface area contributed by atoms with Crippen molar-refractivity contribution < 1.29 is 9.84 Å². The molecule has 1 heterocycles. The van der Waals surface area contributed by atoms with E-state index < -0.39 is 6.10 Å². The molecule has 1 N–H and O–H groups in total. The second-order valence-electron chi connectivity index (χ2n) is 5.00. The van der Waals surface area contributed by atoms with Crippen LogP contribution in [-0.4, -0.2) is 22.0 Å². The molecule has 0 saturated heterocycles. The van der Waals surface area contributed by atoms with E-state index in [0.717, 1.165) is 21.3 Å². The Labute approximate surface area is 127 Å². The number of ether oxygens (including phenoxy) is 1. The fourth-order valence-electron chi connectivity index (χ4n) is 2.20. The fraction of sp³-hybridized carbons (Fsp3) is 0.400. The second kappa shape index (κ2) is 6.52. The van der Waals surface area contributed by atoms with Gasteiger partial charge in [0, 0.05) is 13.2 Å². The summed E-state index contributed by atoms with van der Waals surface area (Å²) in [6, 6.07) is 7.96. The van der Waals surface area contributed by atoms with Gasteiger partial charge in [0.2, 0.25) is 0 Å². The zero-order valence-corrected chi connectivity index (χ0v) is 13.5. The topological polar surface area (TPSA) is 47.3 Å². The van der Waals surface area contributed by atoms with Gasteiger partial charge in [0.1, 0.15) is 6.10 Å². The number of benzene rings is 1. The number of aromatic nitrogens is 2. The minimum absolute atomic E-state index is 0.188. The van der Waals surface area contributed by atoms with Gasteiger partial charge >= 0.3 is 0 Å². The molecule has 2 rings (SSSR count). The fourth-order valence-corrected chi connectivity index (χ4v) is 2.69. The number of nitrogens with zero attached hydrogens (tertiary/aromatic N) is 2. The summed E-state index contributed by atoms with van der Waals surface area (Å²) >= 11 is 3.46. The van der Waals surface area contributed by atoms with E-state index in [1.54, 1.807) is 13.3 Å². The summed E-state index contributed by atoms with van der Waals surface area (Å²) in [6.07, 6.45) is 1.00. The maximum Gasteiger partial charge on any atom is 0.122 e. The summed E-state index contributed by atoms with van der Waals surface area (Å²) in [4.78, 5) is 0. The first-order valence-electron chi connectivity index (χ1n) is 6.53. The second-order valence-corrected chi connectivity index (χ2v) is 5.85. The van der Waals surface area contributed by atoms with E-state index in [1.807, 2.05) is 42.8 Å². The van der Waals surface area contributed by atoms with Crippen LogP contribution in [0.4, 0.5) is 0 Å². The largest absolute Gasteiger partial charge is 0.382 e. The van der Waals surface area contributed by atoms with Crippen molar-refractivity contribution in [2.24, 2.45) is 0 Å². The zero-order valence-electron chi connectivity index (χ0n) is 11.9. The summed E-state index contributed by atoms with van der Waals surface area (Å²) in [5, 5.41) is 15.0. The van der Waals surface area contributed by atoms with Crippen LogP contribution in [0.15, 0.2) is 34.9 Å². The number of hydrogen-bond acceptors (Lipinski definition) is 3. The maximum atomic E-state index is 10.7. The van der Waals surface area contributed by atoms with Crippen molar-refractivity contribution in [1.29, 1.82) is 0 Å². The first-order valence-corrected chi connectivity index (χ1v) is 7.32. The van der Waals surface area contributed by atoms with Crippen molar-refractivity contribution in [3.8, 4) is 0 Å². The molecule has 5 heteroatoms. The lowest BCUT2D eigenvalue weighted by atomic mass is 10.0. The van der Waals surface area contributed by atoms with Crippen molar-refractivity contribution in [3.63, 3.8) is 0 Å². The average molecular weight is 339 g/mol. The minimum Gasteiger partial charge on any atom is -0.382 e. The molecule has 0 bridgehead atoms. The molecule has 1 unspecified atom stereocenters. The van der Waals surface area contributed by atoms with Gasteiger partial charge in [-0.05, 0) is 40.9 Å². The molecule has 0 radical (unpaired) electrons. The van der Waals surface area contributed by atoms with Gasteiger partial charge < -0.3 is 9.84 Å². The Morgan fingerprint density at radius 2 is 2.15 bits per heavy atom. The molecule has 2 aromatic rings. The van der Waals surface area contributed by atoms with Crippen LogP contribution >= 0.6 is 15.9 Å². The van der Waals surface area contributed by atoms with Gasteiger partial charge in [0.05, 0.1) is 23.0 Å². The Hall–Kier alpha value is -1.17. The molecule has 1 atom stereocenters. The molecular formula is C15H19BrN2O2. The molecule has 108 valence electrons. The van der Waals surface area contributed by atoms with Gasteiger partial charge in [-0.25, -0.2) is 0 Å². The molecular weight excluding hydrogens is 320 g/mol. The molecule has 4 nitrogen and oxygen atoms in total. The predicted molar refractivity (Wildman–Crippen MR) is 81.5 cm³/mol. The van der Waals surface area contributed by atoms with Crippen molar-refractivity contribution in [2.75, 3.05) is 7.11 Å². The Kier molecular flexibility index (Phi) is 4.96. The SMILES string of the molecule is COCc1cccc(C(O)c2c(Br)cnn2C(C)C)c1. The number of halogens is 1. The molecule has 1 aromatic carbocycles. The average Bonchev–Trinajstić information content (AvgIpc) is 2.81. The van der Waals surface area contributed by atoms with Crippen LogP contribution in [0.3, 0.4) is 0 Å². The number of rotatable bonds is 5. The van der Waals surface area contributed by atoms with Crippen molar-refractivity contribution in [2.45, 2.75) is 32.6 Å². The number of aliphatic hydroxyl groups excluding tert-OH is 1. The van der Waals surface area contributed by atoms with Crippen LogP contribution in [0.25, 0.3) is 0 Å². The highest BCUT2D eigenvalue weighted by Crippen LogP contribution is 2.30. The quantitative estimate of drug-likeness (QED) is 0.908. The van der Waals surface area contributed by atoms with E-state index >= 15 is 0 Å². The van der Waals surface area contributed by atoms with E-state index in [0.29, 0.717) is 6.61 Å². The molecule has 1 aromatic heterocycles. The number of aliphatic hydroxyl groups is 1. The lowest BCUT2D eigenvalue weighted by Crippen LogP contribution is -2.12. The number of hydrogen-bond donors (Lipinski definition) is 1. The highest BCUT2D eigenvalue weighted by atomic mass is 79.9. The van der Waals surface area contributed by atoms with Crippen LogP contribution in [0.5, 0.6) is 0 Å². The first-order chi connectivity index (χ1) is 9.54. The van der Waals surface area contributed by atoms with Crippen molar-refractivity contribution in [1.82, 2.24) is 9.78 Å². The molecule has 0 aliphatic rings. The highest BCUT2D eigenvalue weighted by molar-refractivity contribution is 9.10. The van der Waals surface area contributed by atoms with Crippen molar-refractivity contribution >= 4 is 15.9 Å². The van der Waals surface area contributed by atoms with Gasteiger partial charge in [-0.15, -0.1) is 0 Å². The first kappa shape index (κ1) is 15.2. The summed E-state index contributed by atoms with van der Waals surface area (Å²) in [5.41, 5.74) is 2.65. The van der Waals surface area contributed by atoms with Crippen molar-refractivity contribution in [3.05, 3.63) is 51.8 Å².